The predicted octanol–water partition coefficient (Wildman–Crippen LogP) is 3.96. The average Bonchev–Trinajstić information content (AvgIpc) is 2.94. The Labute approximate surface area is 136 Å². The summed E-state index contributed by atoms with van der Waals surface area (Å²) in [5, 5.41) is 8.75. The fourth-order valence-electron chi connectivity index (χ4n) is 2.66. The van der Waals surface area contributed by atoms with E-state index in [4.69, 9.17) is 15.0 Å². The summed E-state index contributed by atoms with van der Waals surface area (Å²) in [6.45, 7) is 1.40. The molecule has 0 saturated carbocycles. The normalized spacial score (nSPS) is 10.6. The molecule has 0 aliphatic rings. The lowest BCUT2D eigenvalue weighted by Gasteiger charge is -2.09. The number of fused-ring (bicyclic) bond motifs is 1. The molecule has 0 amide bonds. The highest BCUT2D eigenvalue weighted by atomic mass is 16.5. The van der Waals surface area contributed by atoms with Gasteiger partial charge < -0.3 is 9.30 Å². The second kappa shape index (κ2) is 7.46. The summed E-state index contributed by atoms with van der Waals surface area (Å²) in [4.78, 5) is 4.72. The number of benzene rings is 2. The number of aromatic nitrogens is 2. The fourth-order valence-corrected chi connectivity index (χ4v) is 2.66. The Kier molecular flexibility index (Phi) is 4.90. The topological polar surface area (TPSA) is 50.8 Å². The second-order valence-electron chi connectivity index (χ2n) is 5.34. The first kappa shape index (κ1) is 15.1. The third-order valence-electron chi connectivity index (χ3n) is 3.74. The van der Waals surface area contributed by atoms with Crippen LogP contribution in [-0.2, 0) is 13.0 Å². The largest absolute Gasteiger partial charge is 0.493 e. The van der Waals surface area contributed by atoms with Crippen LogP contribution in [0.15, 0.2) is 54.6 Å². The number of ether oxygens (including phenoxy) is 1. The van der Waals surface area contributed by atoms with E-state index in [9.17, 15) is 0 Å². The molecule has 0 unspecified atom stereocenters. The number of para-hydroxylation sites is 3. The third-order valence-corrected chi connectivity index (χ3v) is 3.74. The van der Waals surface area contributed by atoms with Crippen LogP contribution in [-0.4, -0.2) is 16.2 Å². The molecule has 0 aliphatic carbocycles. The van der Waals surface area contributed by atoms with Gasteiger partial charge in [0.1, 0.15) is 11.6 Å². The van der Waals surface area contributed by atoms with Crippen molar-refractivity contribution in [2.24, 2.45) is 0 Å². The van der Waals surface area contributed by atoms with Gasteiger partial charge in [0, 0.05) is 19.4 Å². The summed E-state index contributed by atoms with van der Waals surface area (Å²) in [6, 6.07) is 20.1. The Balaban J connectivity index is 1.73. The van der Waals surface area contributed by atoms with Crippen molar-refractivity contribution in [2.45, 2.75) is 25.8 Å². The molecule has 1 aromatic heterocycles. The zero-order chi connectivity index (χ0) is 15.9. The molecule has 0 spiro atoms. The Morgan fingerprint density at radius 1 is 1.04 bits per heavy atom. The van der Waals surface area contributed by atoms with Crippen LogP contribution in [0.4, 0.5) is 0 Å². The maximum absolute atomic E-state index is 8.75. The van der Waals surface area contributed by atoms with E-state index in [0.29, 0.717) is 13.0 Å². The van der Waals surface area contributed by atoms with Gasteiger partial charge in [0.25, 0.3) is 0 Å². The van der Waals surface area contributed by atoms with Gasteiger partial charge in [-0.3, -0.25) is 0 Å². The van der Waals surface area contributed by atoms with Gasteiger partial charge in [-0.15, -0.1) is 0 Å². The van der Waals surface area contributed by atoms with Crippen LogP contribution >= 0.6 is 0 Å². The minimum Gasteiger partial charge on any atom is -0.493 e. The summed E-state index contributed by atoms with van der Waals surface area (Å²) in [6.07, 6.45) is 2.14. The van der Waals surface area contributed by atoms with Crippen molar-refractivity contribution in [3.63, 3.8) is 0 Å². The molecule has 4 nitrogen and oxygen atoms in total. The van der Waals surface area contributed by atoms with Gasteiger partial charge in [-0.1, -0.05) is 30.3 Å². The Morgan fingerprint density at radius 3 is 2.65 bits per heavy atom. The molecule has 0 bridgehead atoms. The van der Waals surface area contributed by atoms with Crippen LogP contribution in [0.5, 0.6) is 5.75 Å². The van der Waals surface area contributed by atoms with Crippen LogP contribution in [0.1, 0.15) is 18.7 Å². The van der Waals surface area contributed by atoms with Crippen molar-refractivity contribution in [3.05, 3.63) is 60.4 Å². The lowest BCUT2D eigenvalue weighted by Crippen LogP contribution is -2.09. The number of nitrogens with zero attached hydrogens (tertiary/aromatic N) is 3. The molecule has 3 aromatic rings. The second-order valence-corrected chi connectivity index (χ2v) is 5.34. The minimum atomic E-state index is 0.562. The third kappa shape index (κ3) is 3.70. The monoisotopic (exact) mass is 305 g/mol. The van der Waals surface area contributed by atoms with Gasteiger partial charge >= 0.3 is 0 Å². The van der Waals surface area contributed by atoms with E-state index in [0.717, 1.165) is 42.0 Å². The molecule has 3 rings (SSSR count). The van der Waals surface area contributed by atoms with Crippen molar-refractivity contribution in [2.75, 3.05) is 6.61 Å². The van der Waals surface area contributed by atoms with E-state index in [1.165, 1.54) is 0 Å². The van der Waals surface area contributed by atoms with Gasteiger partial charge in [0.15, 0.2) is 0 Å². The summed E-state index contributed by atoms with van der Waals surface area (Å²) >= 11 is 0. The summed E-state index contributed by atoms with van der Waals surface area (Å²) in [5.74, 6) is 1.89. The number of hydrogen-bond acceptors (Lipinski definition) is 3. The number of rotatable bonds is 7. The molecule has 116 valence electrons. The van der Waals surface area contributed by atoms with Gasteiger partial charge in [0.2, 0.25) is 0 Å². The van der Waals surface area contributed by atoms with Gasteiger partial charge in [0.05, 0.1) is 23.7 Å². The molecule has 4 heteroatoms. The van der Waals surface area contributed by atoms with Crippen LogP contribution in [0, 0.1) is 11.3 Å². The zero-order valence-electron chi connectivity index (χ0n) is 13.0. The van der Waals surface area contributed by atoms with Crippen molar-refractivity contribution >= 4 is 11.0 Å². The Bertz CT molecular complexity index is 802. The fraction of sp³-hybridized carbons (Fsp3) is 0.263. The molecule has 23 heavy (non-hydrogen) atoms. The quantitative estimate of drug-likeness (QED) is 0.621. The molecular formula is C19H19N3O. The summed E-state index contributed by atoms with van der Waals surface area (Å²) in [5.41, 5.74) is 2.12. The van der Waals surface area contributed by atoms with Crippen molar-refractivity contribution in [1.82, 2.24) is 9.55 Å². The van der Waals surface area contributed by atoms with Crippen LogP contribution in [0.2, 0.25) is 0 Å². The van der Waals surface area contributed by atoms with Gasteiger partial charge in [-0.2, -0.15) is 5.26 Å². The lowest BCUT2D eigenvalue weighted by molar-refractivity contribution is 0.317. The first-order valence-corrected chi connectivity index (χ1v) is 7.87. The van der Waals surface area contributed by atoms with E-state index in [1.807, 2.05) is 48.5 Å². The van der Waals surface area contributed by atoms with E-state index < -0.39 is 0 Å². The summed E-state index contributed by atoms with van der Waals surface area (Å²) in [7, 11) is 0. The van der Waals surface area contributed by atoms with E-state index in [1.54, 1.807) is 0 Å². The van der Waals surface area contributed by atoms with Gasteiger partial charge in [-0.05, 0) is 30.7 Å². The number of unbranched alkanes of at least 4 members (excludes halogenated alkanes) is 1. The lowest BCUT2D eigenvalue weighted by atomic mass is 10.3. The molecule has 1 heterocycles. The number of aryl methyl sites for hydroxylation is 1. The molecule has 0 aliphatic heterocycles. The molecule has 2 aromatic carbocycles. The van der Waals surface area contributed by atoms with E-state index in [2.05, 4.69) is 16.7 Å². The number of nitriles is 1. The molecule has 0 saturated heterocycles. The number of hydrogen-bond donors (Lipinski definition) is 0. The van der Waals surface area contributed by atoms with Crippen LogP contribution in [0.25, 0.3) is 11.0 Å². The molecule has 0 atom stereocenters. The minimum absolute atomic E-state index is 0.562. The Hall–Kier alpha value is -2.80. The highest BCUT2D eigenvalue weighted by molar-refractivity contribution is 5.75. The highest BCUT2D eigenvalue weighted by Crippen LogP contribution is 2.18. The molecule has 0 fully saturated rings. The maximum Gasteiger partial charge on any atom is 0.119 e. The van der Waals surface area contributed by atoms with Crippen LogP contribution < -0.4 is 4.74 Å². The maximum atomic E-state index is 8.75. The molecule has 0 radical (unpaired) electrons. The van der Waals surface area contributed by atoms with Gasteiger partial charge in [-0.25, -0.2) is 4.98 Å². The number of imidazole rings is 1. The van der Waals surface area contributed by atoms with E-state index in [-0.39, 0.29) is 0 Å². The standard InChI is InChI=1S/C19H19N3O/c20-13-6-7-14-22-18-11-5-4-10-17(18)21-19(22)12-15-23-16-8-2-1-3-9-16/h1-5,8-11H,6-7,12,14-15H2. The van der Waals surface area contributed by atoms with Crippen LogP contribution in [0.3, 0.4) is 0 Å². The summed E-state index contributed by atoms with van der Waals surface area (Å²) < 4.78 is 7.99. The highest BCUT2D eigenvalue weighted by Gasteiger charge is 2.10. The smallest absolute Gasteiger partial charge is 0.119 e. The Morgan fingerprint density at radius 2 is 1.83 bits per heavy atom. The first-order valence-electron chi connectivity index (χ1n) is 7.87. The SMILES string of the molecule is N#CCCCn1c(CCOc2ccccc2)nc2ccccc21. The average molecular weight is 305 g/mol. The molecular weight excluding hydrogens is 286 g/mol. The van der Waals surface area contributed by atoms with Crippen molar-refractivity contribution in [3.8, 4) is 11.8 Å². The molecule has 0 N–H and O–H groups in total. The first-order chi connectivity index (χ1) is 11.4. The zero-order valence-corrected chi connectivity index (χ0v) is 13.0. The van der Waals surface area contributed by atoms with Crippen molar-refractivity contribution < 1.29 is 4.74 Å². The van der Waals surface area contributed by atoms with Crippen molar-refractivity contribution in [1.29, 1.82) is 5.26 Å². The predicted molar refractivity (Wildman–Crippen MR) is 90.2 cm³/mol. The van der Waals surface area contributed by atoms with E-state index >= 15 is 0 Å².